The van der Waals surface area contributed by atoms with E-state index in [0.717, 1.165) is 16.2 Å². The Morgan fingerprint density at radius 3 is 2.96 bits per heavy atom. The van der Waals surface area contributed by atoms with Crippen molar-refractivity contribution in [3.63, 3.8) is 0 Å². The highest BCUT2D eigenvalue weighted by Gasteiger charge is 2.23. The van der Waals surface area contributed by atoms with E-state index in [0.29, 0.717) is 6.42 Å². The summed E-state index contributed by atoms with van der Waals surface area (Å²) in [5.74, 6) is 0.0874. The number of amides is 1. The van der Waals surface area contributed by atoms with Crippen LogP contribution in [0.5, 0.6) is 5.75 Å². The summed E-state index contributed by atoms with van der Waals surface area (Å²) in [6.07, 6.45) is 0.679. The molecule has 0 bridgehead atoms. The van der Waals surface area contributed by atoms with Crippen LogP contribution in [0.15, 0.2) is 47.4 Å². The van der Waals surface area contributed by atoms with Gasteiger partial charge in [0, 0.05) is 16.7 Å². The minimum Gasteiger partial charge on any atom is -0.477 e. The van der Waals surface area contributed by atoms with E-state index in [1.54, 1.807) is 23.9 Å². The molecule has 0 radical (unpaired) electrons. The molecule has 0 aromatic heterocycles. The second-order valence-corrected chi connectivity index (χ2v) is 6.59. The first-order chi connectivity index (χ1) is 12.0. The van der Waals surface area contributed by atoms with E-state index >= 15 is 0 Å². The van der Waals surface area contributed by atoms with Gasteiger partial charge in [-0.1, -0.05) is 12.1 Å². The molecule has 0 fully saturated rings. The van der Waals surface area contributed by atoms with Crippen molar-refractivity contribution in [3.05, 3.63) is 64.0 Å². The van der Waals surface area contributed by atoms with E-state index in [1.807, 2.05) is 0 Å². The van der Waals surface area contributed by atoms with Gasteiger partial charge in [-0.15, -0.1) is 11.8 Å². The van der Waals surface area contributed by atoms with Crippen molar-refractivity contribution in [2.45, 2.75) is 17.4 Å². The molecule has 0 aliphatic carbocycles. The summed E-state index contributed by atoms with van der Waals surface area (Å²) < 4.78 is 18.8. The molecule has 8 heteroatoms. The number of nitrogens with zero attached hydrogens (tertiary/aromatic N) is 1. The number of carbonyl (C=O) groups excluding carboxylic acids is 1. The van der Waals surface area contributed by atoms with Gasteiger partial charge in [-0.3, -0.25) is 14.9 Å². The van der Waals surface area contributed by atoms with Crippen LogP contribution in [0.2, 0.25) is 0 Å². The van der Waals surface area contributed by atoms with Gasteiger partial charge in [-0.2, -0.15) is 0 Å². The molecule has 1 aliphatic heterocycles. The second kappa shape index (κ2) is 7.52. The summed E-state index contributed by atoms with van der Waals surface area (Å²) in [5, 5.41) is 13.7. The van der Waals surface area contributed by atoms with Gasteiger partial charge >= 0.3 is 5.69 Å². The highest BCUT2D eigenvalue weighted by molar-refractivity contribution is 7.99. The number of fused-ring (bicyclic) bond motifs is 1. The number of halogens is 1. The van der Waals surface area contributed by atoms with Gasteiger partial charge in [-0.25, -0.2) is 4.39 Å². The van der Waals surface area contributed by atoms with Crippen LogP contribution < -0.4 is 10.1 Å². The summed E-state index contributed by atoms with van der Waals surface area (Å²) >= 11 is 1.62. The van der Waals surface area contributed by atoms with Crippen LogP contribution in [-0.2, 0) is 4.79 Å². The number of ether oxygens (including phenoxy) is 1. The van der Waals surface area contributed by atoms with Crippen molar-refractivity contribution in [3.8, 4) is 5.75 Å². The maximum Gasteiger partial charge on any atom is 0.310 e. The van der Waals surface area contributed by atoms with Gasteiger partial charge in [-0.05, 0) is 36.2 Å². The SMILES string of the molecule is O=C(COc1ccccc1[N+](=O)[O-])NC1CCSc2ccc(F)cc21. The number of nitrogens with one attached hydrogen (secondary N) is 1. The molecule has 130 valence electrons. The Labute approximate surface area is 147 Å². The third-order valence-electron chi connectivity index (χ3n) is 3.77. The molecular weight excluding hydrogens is 347 g/mol. The third kappa shape index (κ3) is 4.08. The zero-order valence-corrected chi connectivity index (χ0v) is 13.9. The fourth-order valence-corrected chi connectivity index (χ4v) is 3.73. The Morgan fingerprint density at radius 1 is 1.36 bits per heavy atom. The number of hydrogen-bond acceptors (Lipinski definition) is 5. The topological polar surface area (TPSA) is 81.5 Å². The molecule has 1 unspecified atom stereocenters. The molecule has 1 amide bonds. The standard InChI is InChI=1S/C17H15FN2O4S/c18-11-5-6-16-12(9-11)13(7-8-25-16)19-17(21)10-24-15-4-2-1-3-14(15)20(22)23/h1-6,9,13H,7-8,10H2,(H,19,21). The molecule has 1 aliphatic rings. The molecule has 1 N–H and O–H groups in total. The highest BCUT2D eigenvalue weighted by Crippen LogP contribution is 2.36. The third-order valence-corrected chi connectivity index (χ3v) is 4.89. The van der Waals surface area contributed by atoms with Gasteiger partial charge in [0.25, 0.3) is 5.91 Å². The van der Waals surface area contributed by atoms with Crippen LogP contribution in [-0.4, -0.2) is 23.2 Å². The van der Waals surface area contributed by atoms with Crippen LogP contribution in [0.3, 0.4) is 0 Å². The first-order valence-corrected chi connectivity index (χ1v) is 8.61. The molecule has 0 saturated heterocycles. The van der Waals surface area contributed by atoms with E-state index in [-0.39, 0.29) is 29.9 Å². The quantitative estimate of drug-likeness (QED) is 0.651. The van der Waals surface area contributed by atoms with E-state index in [2.05, 4.69) is 5.32 Å². The molecular formula is C17H15FN2O4S. The molecule has 2 aromatic rings. The van der Waals surface area contributed by atoms with Crippen molar-refractivity contribution < 1.29 is 18.8 Å². The number of nitro groups is 1. The number of hydrogen-bond donors (Lipinski definition) is 1. The van der Waals surface area contributed by atoms with Crippen LogP contribution in [0.4, 0.5) is 10.1 Å². The molecule has 1 atom stereocenters. The molecule has 2 aromatic carbocycles. The summed E-state index contributed by atoms with van der Waals surface area (Å²) in [4.78, 5) is 23.5. The second-order valence-electron chi connectivity index (χ2n) is 5.45. The smallest absolute Gasteiger partial charge is 0.310 e. The maximum absolute atomic E-state index is 13.5. The summed E-state index contributed by atoms with van der Waals surface area (Å²) in [6.45, 7) is -0.348. The number of nitro benzene ring substituents is 1. The monoisotopic (exact) mass is 362 g/mol. The fourth-order valence-electron chi connectivity index (χ4n) is 2.62. The first kappa shape index (κ1) is 17.2. The van der Waals surface area contributed by atoms with Crippen LogP contribution in [0.1, 0.15) is 18.0 Å². The molecule has 1 heterocycles. The zero-order valence-electron chi connectivity index (χ0n) is 13.1. The Hall–Kier alpha value is -2.61. The molecule has 3 rings (SSSR count). The highest BCUT2D eigenvalue weighted by atomic mass is 32.2. The Morgan fingerprint density at radius 2 is 2.16 bits per heavy atom. The summed E-state index contributed by atoms with van der Waals surface area (Å²) in [5.41, 5.74) is 0.548. The zero-order chi connectivity index (χ0) is 17.8. The van der Waals surface area contributed by atoms with Crippen molar-refractivity contribution in [1.82, 2.24) is 5.32 Å². The lowest BCUT2D eigenvalue weighted by molar-refractivity contribution is -0.385. The van der Waals surface area contributed by atoms with Gasteiger partial charge in [0.2, 0.25) is 0 Å². The molecule has 25 heavy (non-hydrogen) atoms. The van der Waals surface area contributed by atoms with E-state index in [9.17, 15) is 19.3 Å². The first-order valence-electron chi connectivity index (χ1n) is 7.62. The lowest BCUT2D eigenvalue weighted by Crippen LogP contribution is -2.34. The lowest BCUT2D eigenvalue weighted by Gasteiger charge is -2.26. The van der Waals surface area contributed by atoms with Gasteiger partial charge in [0.05, 0.1) is 11.0 Å². The van der Waals surface area contributed by atoms with Gasteiger partial charge in [0.15, 0.2) is 12.4 Å². The van der Waals surface area contributed by atoms with Crippen LogP contribution >= 0.6 is 11.8 Å². The van der Waals surface area contributed by atoms with Crippen molar-refractivity contribution in [1.29, 1.82) is 0 Å². The summed E-state index contributed by atoms with van der Waals surface area (Å²) in [7, 11) is 0. The number of rotatable bonds is 5. The number of carbonyl (C=O) groups is 1. The predicted octanol–water partition coefficient (Wildman–Crippen LogP) is 3.47. The minimum atomic E-state index is -0.565. The minimum absolute atomic E-state index is 0.0355. The van der Waals surface area contributed by atoms with Crippen molar-refractivity contribution in [2.75, 3.05) is 12.4 Å². The van der Waals surface area contributed by atoms with E-state index < -0.39 is 10.8 Å². The Balaban J connectivity index is 1.65. The normalized spacial score (nSPS) is 16.0. The largest absolute Gasteiger partial charge is 0.477 e. The van der Waals surface area contributed by atoms with Crippen molar-refractivity contribution in [2.24, 2.45) is 0 Å². The van der Waals surface area contributed by atoms with Gasteiger partial charge in [0.1, 0.15) is 5.82 Å². The van der Waals surface area contributed by atoms with Gasteiger partial charge < -0.3 is 10.1 Å². The molecule has 6 nitrogen and oxygen atoms in total. The maximum atomic E-state index is 13.5. The van der Waals surface area contributed by atoms with E-state index in [1.165, 1.54) is 30.3 Å². The summed E-state index contributed by atoms with van der Waals surface area (Å²) in [6, 6.07) is 10.1. The average Bonchev–Trinajstić information content (AvgIpc) is 2.60. The Kier molecular flexibility index (Phi) is 5.18. The van der Waals surface area contributed by atoms with Crippen LogP contribution in [0, 0.1) is 15.9 Å². The molecule has 0 spiro atoms. The number of para-hydroxylation sites is 2. The average molecular weight is 362 g/mol. The Bertz CT molecular complexity index is 815. The molecule has 0 saturated carbocycles. The number of thioether (sulfide) groups is 1. The predicted molar refractivity (Wildman–Crippen MR) is 91.2 cm³/mol. The lowest BCUT2D eigenvalue weighted by atomic mass is 10.0. The van der Waals surface area contributed by atoms with E-state index in [4.69, 9.17) is 4.74 Å². The number of benzene rings is 2. The van der Waals surface area contributed by atoms with Crippen molar-refractivity contribution >= 4 is 23.4 Å². The van der Waals surface area contributed by atoms with Crippen LogP contribution in [0.25, 0.3) is 0 Å². The fraction of sp³-hybridized carbons (Fsp3) is 0.235.